The topological polar surface area (TPSA) is 76.3 Å². The largest absolute Gasteiger partial charge is 0.415 e. The third-order valence-electron chi connectivity index (χ3n) is 5.88. The van der Waals surface area contributed by atoms with Crippen molar-refractivity contribution in [3.63, 3.8) is 0 Å². The highest BCUT2D eigenvalue weighted by Crippen LogP contribution is 2.37. The molecule has 0 aliphatic carbocycles. The minimum absolute atomic E-state index is 0.212. The Morgan fingerprint density at radius 3 is 2.32 bits per heavy atom. The molecule has 0 spiro atoms. The fourth-order valence-electron chi connectivity index (χ4n) is 4.09. The van der Waals surface area contributed by atoms with Gasteiger partial charge in [0.15, 0.2) is 0 Å². The van der Waals surface area contributed by atoms with E-state index >= 15 is 0 Å². The van der Waals surface area contributed by atoms with Crippen LogP contribution in [0.5, 0.6) is 0 Å². The van der Waals surface area contributed by atoms with Crippen molar-refractivity contribution in [3.8, 4) is 33.3 Å². The van der Waals surface area contributed by atoms with E-state index in [0.717, 1.165) is 28.7 Å². The molecular weight excluding hydrogens is 486 g/mol. The monoisotopic (exact) mass is 505 g/mol. The van der Waals surface area contributed by atoms with E-state index in [-0.39, 0.29) is 10.8 Å². The zero-order valence-electron chi connectivity index (χ0n) is 17.9. The summed E-state index contributed by atoms with van der Waals surface area (Å²) in [5, 5.41) is 12.1. The van der Waals surface area contributed by atoms with Crippen LogP contribution in [0.2, 0.25) is 0 Å². The van der Waals surface area contributed by atoms with Gasteiger partial charge in [-0.2, -0.15) is 4.31 Å². The van der Waals surface area contributed by atoms with Crippen molar-refractivity contribution < 1.29 is 12.8 Å². The summed E-state index contributed by atoms with van der Waals surface area (Å²) in [5.41, 5.74) is 4.07. The average Bonchev–Trinajstić information content (AvgIpc) is 3.64. The van der Waals surface area contributed by atoms with Crippen LogP contribution in [0.1, 0.15) is 10.4 Å². The third kappa shape index (κ3) is 3.80. The molecule has 0 unspecified atom stereocenters. The Labute approximate surface area is 205 Å². The standard InChI is InChI=1S/C25H19N3O3S3/c29-34(30,28-13-10-21-20(16-28)11-14-32-21)22-12-15-33-23(22)25-27-26-24(31-25)19-8-6-18(7-9-19)17-4-2-1-3-5-17/h1-9,11-12,14-15H,10,13,16H2. The van der Waals surface area contributed by atoms with E-state index in [9.17, 15) is 8.42 Å². The summed E-state index contributed by atoms with van der Waals surface area (Å²) in [6.45, 7) is 0.854. The maximum absolute atomic E-state index is 13.5. The van der Waals surface area contributed by atoms with Gasteiger partial charge in [0, 0.05) is 23.5 Å². The number of nitrogens with zero attached hydrogens (tertiary/aromatic N) is 3. The molecule has 0 radical (unpaired) electrons. The smallest absolute Gasteiger partial charge is 0.259 e. The van der Waals surface area contributed by atoms with Crippen molar-refractivity contribution in [2.24, 2.45) is 0 Å². The number of fused-ring (bicyclic) bond motifs is 1. The van der Waals surface area contributed by atoms with Gasteiger partial charge in [0.05, 0.1) is 0 Å². The average molecular weight is 506 g/mol. The maximum Gasteiger partial charge on any atom is 0.259 e. The van der Waals surface area contributed by atoms with Crippen LogP contribution in [-0.4, -0.2) is 29.5 Å². The van der Waals surface area contributed by atoms with Crippen LogP contribution in [0.4, 0.5) is 0 Å². The summed E-state index contributed by atoms with van der Waals surface area (Å²) in [7, 11) is -3.69. The molecule has 6 nitrogen and oxygen atoms in total. The molecule has 9 heteroatoms. The predicted octanol–water partition coefficient (Wildman–Crippen LogP) is 5.94. The van der Waals surface area contributed by atoms with Crippen molar-refractivity contribution in [3.05, 3.63) is 87.9 Å². The van der Waals surface area contributed by atoms with Crippen molar-refractivity contribution in [2.75, 3.05) is 6.54 Å². The van der Waals surface area contributed by atoms with Gasteiger partial charge in [-0.25, -0.2) is 8.42 Å². The second-order valence-corrected chi connectivity index (χ2v) is 11.8. The van der Waals surface area contributed by atoms with Crippen molar-refractivity contribution in [2.45, 2.75) is 17.9 Å². The minimum atomic E-state index is -3.69. The van der Waals surface area contributed by atoms with Gasteiger partial charge in [-0.1, -0.05) is 42.5 Å². The summed E-state index contributed by atoms with van der Waals surface area (Å²) in [4.78, 5) is 1.94. The Balaban J connectivity index is 1.28. The van der Waals surface area contributed by atoms with Crippen LogP contribution in [0, 0.1) is 0 Å². The van der Waals surface area contributed by atoms with Gasteiger partial charge < -0.3 is 4.42 Å². The molecule has 34 heavy (non-hydrogen) atoms. The lowest BCUT2D eigenvalue weighted by atomic mass is 10.0. The van der Waals surface area contributed by atoms with Gasteiger partial charge in [-0.05, 0) is 58.1 Å². The molecule has 0 bridgehead atoms. The zero-order chi connectivity index (χ0) is 23.1. The van der Waals surface area contributed by atoms with Crippen LogP contribution >= 0.6 is 22.7 Å². The number of hydrogen-bond acceptors (Lipinski definition) is 7. The van der Waals surface area contributed by atoms with Crippen molar-refractivity contribution >= 4 is 32.7 Å². The highest BCUT2D eigenvalue weighted by Gasteiger charge is 2.32. The van der Waals surface area contributed by atoms with Crippen molar-refractivity contribution in [1.82, 2.24) is 14.5 Å². The molecule has 0 N–H and O–H groups in total. The van der Waals surface area contributed by atoms with E-state index in [4.69, 9.17) is 4.42 Å². The van der Waals surface area contributed by atoms with Crippen LogP contribution in [0.25, 0.3) is 33.3 Å². The van der Waals surface area contributed by atoms with Gasteiger partial charge in [0.2, 0.25) is 15.9 Å². The summed E-state index contributed by atoms with van der Waals surface area (Å²) >= 11 is 2.97. The molecule has 4 heterocycles. The van der Waals surface area contributed by atoms with Gasteiger partial charge in [-0.3, -0.25) is 0 Å². The second-order valence-electron chi connectivity index (χ2n) is 7.93. The van der Waals surface area contributed by atoms with E-state index in [1.54, 1.807) is 22.8 Å². The Morgan fingerprint density at radius 1 is 0.794 bits per heavy atom. The zero-order valence-corrected chi connectivity index (χ0v) is 20.4. The molecule has 0 atom stereocenters. The molecule has 2 aromatic carbocycles. The first-order valence-corrected chi connectivity index (χ1v) is 13.9. The Morgan fingerprint density at radius 2 is 1.50 bits per heavy atom. The Hall–Kier alpha value is -3.11. The molecular formula is C25H19N3O3S3. The number of sulfonamides is 1. The van der Waals surface area contributed by atoms with E-state index < -0.39 is 10.0 Å². The number of rotatable bonds is 5. The van der Waals surface area contributed by atoms with E-state index in [1.807, 2.05) is 53.9 Å². The molecule has 3 aromatic heterocycles. The summed E-state index contributed by atoms with van der Waals surface area (Å²) in [5.74, 6) is 0.566. The van der Waals surface area contributed by atoms with Gasteiger partial charge in [0.25, 0.3) is 5.89 Å². The van der Waals surface area contributed by atoms with Gasteiger partial charge >= 0.3 is 0 Å². The molecule has 0 fully saturated rings. The van der Waals surface area contributed by atoms with E-state index in [0.29, 0.717) is 23.9 Å². The fourth-order valence-corrected chi connectivity index (χ4v) is 7.72. The predicted molar refractivity (Wildman–Crippen MR) is 134 cm³/mol. The maximum atomic E-state index is 13.5. The van der Waals surface area contributed by atoms with Crippen LogP contribution in [0.3, 0.4) is 0 Å². The highest BCUT2D eigenvalue weighted by molar-refractivity contribution is 7.89. The molecule has 6 rings (SSSR count). The quantitative estimate of drug-likeness (QED) is 0.295. The molecule has 0 amide bonds. The summed E-state index contributed by atoms with van der Waals surface area (Å²) < 4.78 is 34.4. The molecule has 0 saturated heterocycles. The number of hydrogen-bond donors (Lipinski definition) is 0. The third-order valence-corrected chi connectivity index (χ3v) is 9.82. The van der Waals surface area contributed by atoms with Crippen LogP contribution < -0.4 is 0 Å². The normalized spacial score (nSPS) is 14.2. The molecule has 0 saturated carbocycles. The lowest BCUT2D eigenvalue weighted by Gasteiger charge is -2.26. The Kier molecular flexibility index (Phi) is 5.41. The van der Waals surface area contributed by atoms with Gasteiger partial charge in [0.1, 0.15) is 9.77 Å². The number of aromatic nitrogens is 2. The Bertz CT molecular complexity index is 1550. The summed E-state index contributed by atoms with van der Waals surface area (Å²) in [6, 6.07) is 21.6. The number of benzene rings is 2. The fraction of sp³-hybridized carbons (Fsp3) is 0.120. The lowest BCUT2D eigenvalue weighted by molar-refractivity contribution is 0.394. The summed E-state index contributed by atoms with van der Waals surface area (Å²) in [6.07, 6.45) is 0.732. The molecule has 1 aliphatic rings. The first kappa shape index (κ1) is 21.4. The molecule has 5 aromatic rings. The van der Waals surface area contributed by atoms with Gasteiger partial charge in [-0.15, -0.1) is 32.9 Å². The van der Waals surface area contributed by atoms with Crippen LogP contribution in [-0.2, 0) is 23.0 Å². The van der Waals surface area contributed by atoms with E-state index in [1.165, 1.54) is 20.5 Å². The molecule has 170 valence electrons. The van der Waals surface area contributed by atoms with Crippen molar-refractivity contribution in [1.29, 1.82) is 0 Å². The highest BCUT2D eigenvalue weighted by atomic mass is 32.2. The molecule has 1 aliphatic heterocycles. The minimum Gasteiger partial charge on any atom is -0.415 e. The SMILES string of the molecule is O=S(=O)(c1ccsc1-c1nnc(-c2ccc(-c3ccccc3)cc2)o1)N1CCc2sccc2C1. The number of thiophene rings is 2. The van der Waals surface area contributed by atoms with E-state index in [2.05, 4.69) is 22.3 Å². The van der Waals surface area contributed by atoms with Crippen LogP contribution in [0.15, 0.2) is 86.8 Å². The lowest BCUT2D eigenvalue weighted by Crippen LogP contribution is -2.35. The first-order chi connectivity index (χ1) is 16.6. The first-order valence-electron chi connectivity index (χ1n) is 10.7. The second kappa shape index (κ2) is 8.59.